The van der Waals surface area contributed by atoms with Gasteiger partial charge >= 0.3 is 0 Å². The third kappa shape index (κ3) is 1.10. The molecular formula is C10H12N2O2. The molecule has 1 aliphatic carbocycles. The first-order valence-corrected chi connectivity index (χ1v) is 4.93. The molecule has 0 N–H and O–H groups in total. The van der Waals surface area contributed by atoms with Gasteiger partial charge in [0, 0.05) is 6.54 Å². The predicted octanol–water partition coefficient (Wildman–Crippen LogP) is 0.588. The van der Waals surface area contributed by atoms with Gasteiger partial charge in [-0.15, -0.1) is 0 Å². The average molecular weight is 192 g/mol. The van der Waals surface area contributed by atoms with Gasteiger partial charge in [0.05, 0.1) is 25.7 Å². The van der Waals surface area contributed by atoms with E-state index in [-0.39, 0.29) is 0 Å². The van der Waals surface area contributed by atoms with E-state index in [1.807, 2.05) is 4.57 Å². The van der Waals surface area contributed by atoms with Gasteiger partial charge < -0.3 is 9.30 Å². The summed E-state index contributed by atoms with van der Waals surface area (Å²) in [5.74, 6) is 2.17. The topological polar surface area (TPSA) is 44.1 Å². The summed E-state index contributed by atoms with van der Waals surface area (Å²) in [5.41, 5.74) is 0.677. The smallest absolute Gasteiger partial charge is 0.168 e. The zero-order valence-electron chi connectivity index (χ0n) is 7.80. The van der Waals surface area contributed by atoms with Crippen molar-refractivity contribution in [3.05, 3.63) is 18.2 Å². The van der Waals surface area contributed by atoms with Crippen LogP contribution < -0.4 is 0 Å². The number of nitrogens with zero attached hydrogens (tertiary/aromatic N) is 2. The molecule has 2 aliphatic rings. The van der Waals surface area contributed by atoms with Crippen molar-refractivity contribution in [2.24, 2.45) is 17.8 Å². The maximum Gasteiger partial charge on any atom is 0.168 e. The molecule has 0 aromatic carbocycles. The first kappa shape index (κ1) is 8.17. The first-order valence-electron chi connectivity index (χ1n) is 4.93. The lowest BCUT2D eigenvalue weighted by Crippen LogP contribution is -2.08. The molecule has 1 aromatic rings. The summed E-state index contributed by atoms with van der Waals surface area (Å²) in [4.78, 5) is 14.6. The fourth-order valence-corrected chi connectivity index (χ4v) is 2.44. The van der Waals surface area contributed by atoms with Gasteiger partial charge in [-0.3, -0.25) is 4.79 Å². The van der Waals surface area contributed by atoms with Crippen LogP contribution in [0, 0.1) is 17.8 Å². The highest BCUT2D eigenvalue weighted by molar-refractivity contribution is 5.71. The van der Waals surface area contributed by atoms with Crippen LogP contribution in [0.25, 0.3) is 0 Å². The summed E-state index contributed by atoms with van der Waals surface area (Å²) in [6.45, 7) is 2.73. The van der Waals surface area contributed by atoms with Gasteiger partial charge in [0.25, 0.3) is 0 Å². The highest BCUT2D eigenvalue weighted by atomic mass is 16.5. The second kappa shape index (κ2) is 2.92. The van der Waals surface area contributed by atoms with Crippen LogP contribution in [-0.2, 0) is 11.3 Å². The SMILES string of the molecule is O=Cc1cncn1CC1C2COCC21. The van der Waals surface area contributed by atoms with Gasteiger partial charge in [0.1, 0.15) is 5.69 Å². The second-order valence-corrected chi connectivity index (χ2v) is 4.12. The highest BCUT2D eigenvalue weighted by Gasteiger charge is 2.53. The van der Waals surface area contributed by atoms with Gasteiger partial charge in [0.2, 0.25) is 0 Å². The Labute approximate surface area is 81.9 Å². The Morgan fingerprint density at radius 3 is 3.07 bits per heavy atom. The van der Waals surface area contributed by atoms with Crippen molar-refractivity contribution >= 4 is 6.29 Å². The number of rotatable bonds is 3. The molecule has 1 aromatic heterocycles. The number of aldehydes is 1. The number of hydrogen-bond acceptors (Lipinski definition) is 3. The minimum absolute atomic E-state index is 0.677. The number of fused-ring (bicyclic) bond motifs is 1. The zero-order chi connectivity index (χ0) is 9.54. The molecule has 1 saturated heterocycles. The maximum atomic E-state index is 10.7. The van der Waals surface area contributed by atoms with E-state index in [0.717, 1.165) is 37.9 Å². The Balaban J connectivity index is 1.71. The summed E-state index contributed by atoms with van der Waals surface area (Å²) in [5, 5.41) is 0. The van der Waals surface area contributed by atoms with Gasteiger partial charge in [-0.2, -0.15) is 0 Å². The van der Waals surface area contributed by atoms with E-state index in [1.54, 1.807) is 12.5 Å². The summed E-state index contributed by atoms with van der Waals surface area (Å²) < 4.78 is 7.26. The second-order valence-electron chi connectivity index (χ2n) is 4.12. The van der Waals surface area contributed by atoms with Crippen LogP contribution in [0.1, 0.15) is 10.5 Å². The van der Waals surface area contributed by atoms with Crippen LogP contribution in [0.4, 0.5) is 0 Å². The molecule has 0 amide bonds. The summed E-state index contributed by atoms with van der Waals surface area (Å²) in [7, 11) is 0. The molecule has 3 rings (SSSR count). The summed E-state index contributed by atoms with van der Waals surface area (Å²) in [6, 6.07) is 0. The normalized spacial score (nSPS) is 34.1. The molecule has 2 atom stereocenters. The van der Waals surface area contributed by atoms with Crippen LogP contribution in [0.5, 0.6) is 0 Å². The van der Waals surface area contributed by atoms with Crippen LogP contribution in [0.3, 0.4) is 0 Å². The Bertz CT molecular complexity index is 351. The third-order valence-electron chi connectivity index (χ3n) is 3.40. The van der Waals surface area contributed by atoms with Crippen LogP contribution >= 0.6 is 0 Å². The predicted molar refractivity (Wildman–Crippen MR) is 48.9 cm³/mol. The number of imidazole rings is 1. The van der Waals surface area contributed by atoms with Crippen molar-refractivity contribution in [1.82, 2.24) is 9.55 Å². The summed E-state index contributed by atoms with van der Waals surface area (Å²) in [6.07, 6.45) is 4.21. The van der Waals surface area contributed by atoms with E-state index in [2.05, 4.69) is 4.98 Å². The minimum atomic E-state index is 0.677. The Hall–Kier alpha value is -1.16. The largest absolute Gasteiger partial charge is 0.381 e. The Kier molecular flexibility index (Phi) is 1.70. The third-order valence-corrected chi connectivity index (χ3v) is 3.40. The van der Waals surface area contributed by atoms with E-state index in [4.69, 9.17) is 4.74 Å². The molecule has 2 heterocycles. The zero-order valence-corrected chi connectivity index (χ0v) is 7.80. The average Bonchev–Trinajstić information content (AvgIpc) is 2.62. The molecule has 0 spiro atoms. The Morgan fingerprint density at radius 1 is 1.57 bits per heavy atom. The first-order chi connectivity index (χ1) is 6.90. The lowest BCUT2D eigenvalue weighted by molar-refractivity contribution is 0.111. The van der Waals surface area contributed by atoms with Gasteiger partial charge in [0.15, 0.2) is 6.29 Å². The molecule has 1 saturated carbocycles. The van der Waals surface area contributed by atoms with E-state index in [9.17, 15) is 4.79 Å². The minimum Gasteiger partial charge on any atom is -0.381 e. The number of hydrogen-bond donors (Lipinski definition) is 0. The van der Waals surface area contributed by atoms with E-state index in [0.29, 0.717) is 11.6 Å². The fraction of sp³-hybridized carbons (Fsp3) is 0.600. The molecule has 74 valence electrons. The Morgan fingerprint density at radius 2 is 2.36 bits per heavy atom. The molecule has 14 heavy (non-hydrogen) atoms. The fourth-order valence-electron chi connectivity index (χ4n) is 2.44. The van der Waals surface area contributed by atoms with Gasteiger partial charge in [-0.1, -0.05) is 0 Å². The lowest BCUT2D eigenvalue weighted by Gasteiger charge is -2.06. The number of ether oxygens (including phenoxy) is 1. The molecular weight excluding hydrogens is 180 g/mol. The van der Waals surface area contributed by atoms with Crippen molar-refractivity contribution in [2.75, 3.05) is 13.2 Å². The summed E-state index contributed by atoms with van der Waals surface area (Å²) >= 11 is 0. The molecule has 2 fully saturated rings. The van der Waals surface area contributed by atoms with E-state index >= 15 is 0 Å². The molecule has 0 radical (unpaired) electrons. The van der Waals surface area contributed by atoms with Crippen LogP contribution in [0.2, 0.25) is 0 Å². The monoisotopic (exact) mass is 192 g/mol. The van der Waals surface area contributed by atoms with Crippen molar-refractivity contribution in [2.45, 2.75) is 6.54 Å². The van der Waals surface area contributed by atoms with Gasteiger partial charge in [-0.25, -0.2) is 4.98 Å². The molecule has 4 heteroatoms. The highest BCUT2D eigenvalue weighted by Crippen LogP contribution is 2.51. The van der Waals surface area contributed by atoms with Gasteiger partial charge in [-0.05, 0) is 17.8 Å². The number of carbonyl (C=O) groups is 1. The number of aromatic nitrogens is 2. The van der Waals surface area contributed by atoms with Crippen molar-refractivity contribution < 1.29 is 9.53 Å². The molecule has 2 unspecified atom stereocenters. The standard InChI is InChI=1S/C10H12N2O2/c13-3-7-1-11-6-12(7)2-8-9-4-14-5-10(8)9/h1,3,6,8-10H,2,4-5H2. The lowest BCUT2D eigenvalue weighted by atomic mass is 10.3. The van der Waals surface area contributed by atoms with E-state index < -0.39 is 0 Å². The van der Waals surface area contributed by atoms with Crippen molar-refractivity contribution in [3.63, 3.8) is 0 Å². The van der Waals surface area contributed by atoms with Crippen LogP contribution in [-0.4, -0.2) is 29.1 Å². The van der Waals surface area contributed by atoms with Crippen molar-refractivity contribution in [3.8, 4) is 0 Å². The quantitative estimate of drug-likeness (QED) is 0.658. The molecule has 0 bridgehead atoms. The number of carbonyl (C=O) groups excluding carboxylic acids is 1. The molecule has 4 nitrogen and oxygen atoms in total. The maximum absolute atomic E-state index is 10.7. The van der Waals surface area contributed by atoms with E-state index in [1.165, 1.54) is 0 Å². The molecule has 1 aliphatic heterocycles. The van der Waals surface area contributed by atoms with Crippen molar-refractivity contribution in [1.29, 1.82) is 0 Å². The van der Waals surface area contributed by atoms with Crippen LogP contribution in [0.15, 0.2) is 12.5 Å².